The monoisotopic (exact) mass is 234 g/mol. The van der Waals surface area contributed by atoms with Crippen LogP contribution < -0.4 is 5.32 Å². The summed E-state index contributed by atoms with van der Waals surface area (Å²) in [4.78, 5) is 19.8. The Balaban J connectivity index is 2.95. The lowest BCUT2D eigenvalue weighted by atomic mass is 10.2. The van der Waals surface area contributed by atoms with E-state index < -0.39 is 28.8 Å². The fourth-order valence-corrected chi connectivity index (χ4v) is 0.927. The zero-order valence-electron chi connectivity index (χ0n) is 7.62. The van der Waals surface area contributed by atoms with Crippen molar-refractivity contribution in [1.29, 1.82) is 0 Å². The summed E-state index contributed by atoms with van der Waals surface area (Å²) in [5.74, 6) is -2.72. The van der Waals surface area contributed by atoms with Crippen LogP contribution in [0.2, 0.25) is 0 Å². The zero-order chi connectivity index (χ0) is 12.3. The van der Waals surface area contributed by atoms with E-state index in [1.807, 2.05) is 0 Å². The molecule has 0 aliphatic heterocycles. The summed E-state index contributed by atoms with van der Waals surface area (Å²) in [7, 11) is 0. The molecule has 0 unspecified atom stereocenters. The second kappa shape index (κ2) is 4.60. The first-order valence-corrected chi connectivity index (χ1v) is 3.95. The molecule has 0 fully saturated rings. The van der Waals surface area contributed by atoms with Gasteiger partial charge in [0.1, 0.15) is 0 Å². The Morgan fingerprint density at radius 2 is 2.06 bits per heavy atom. The third kappa shape index (κ3) is 2.69. The summed E-state index contributed by atoms with van der Waals surface area (Å²) in [6, 6.07) is 2.32. The molecule has 1 aromatic rings. The van der Waals surface area contributed by atoms with E-state index in [0.717, 1.165) is 6.07 Å². The van der Waals surface area contributed by atoms with Crippen LogP contribution in [0.15, 0.2) is 18.2 Å². The molecule has 0 radical (unpaired) electrons. The fourth-order valence-electron chi connectivity index (χ4n) is 0.927. The normalized spacial score (nSPS) is 10.2. The van der Waals surface area contributed by atoms with Crippen molar-refractivity contribution in [1.82, 2.24) is 0 Å². The second-order valence-corrected chi connectivity index (χ2v) is 2.71. The van der Waals surface area contributed by atoms with Crippen LogP contribution in [0, 0.1) is 15.9 Å². The van der Waals surface area contributed by atoms with Gasteiger partial charge in [0.05, 0.1) is 4.92 Å². The molecule has 0 atom stereocenters. The maximum Gasteiger partial charge on any atom is 0.315 e. The van der Waals surface area contributed by atoms with Crippen molar-refractivity contribution < 1.29 is 22.9 Å². The number of nitro groups is 1. The molecule has 0 heterocycles. The Kier molecular flexibility index (Phi) is 3.44. The quantitative estimate of drug-likeness (QED) is 0.641. The molecule has 1 N–H and O–H groups in total. The minimum atomic E-state index is -3.25. The highest BCUT2D eigenvalue weighted by molar-refractivity contribution is 5.93. The average molecular weight is 234 g/mol. The lowest BCUT2D eigenvalue weighted by Crippen LogP contribution is -2.20. The third-order valence-corrected chi connectivity index (χ3v) is 1.61. The van der Waals surface area contributed by atoms with Gasteiger partial charge in [-0.2, -0.15) is 13.2 Å². The van der Waals surface area contributed by atoms with Gasteiger partial charge in [0, 0.05) is 11.8 Å². The van der Waals surface area contributed by atoms with Gasteiger partial charge < -0.3 is 5.32 Å². The van der Waals surface area contributed by atoms with Crippen LogP contribution in [-0.2, 0) is 4.79 Å². The van der Waals surface area contributed by atoms with Crippen molar-refractivity contribution >= 4 is 17.3 Å². The summed E-state index contributed by atoms with van der Waals surface area (Å²) in [5.41, 5.74) is -1.16. The van der Waals surface area contributed by atoms with Crippen LogP contribution in [0.5, 0.6) is 0 Å². The lowest BCUT2D eigenvalue weighted by molar-refractivity contribution is -0.387. The molecule has 0 aliphatic rings. The molecule has 1 amide bonds. The van der Waals surface area contributed by atoms with Gasteiger partial charge in [0.15, 0.2) is 0 Å². The molecule has 5 nitrogen and oxygen atoms in total. The smallest absolute Gasteiger partial charge is 0.315 e. The number of carbonyl (C=O) groups is 1. The molecule has 0 saturated heterocycles. The van der Waals surface area contributed by atoms with Crippen LogP contribution in [-0.4, -0.2) is 17.3 Å². The Morgan fingerprint density at radius 3 is 2.56 bits per heavy atom. The van der Waals surface area contributed by atoms with E-state index in [9.17, 15) is 28.1 Å². The number of nitrogens with zero attached hydrogens (tertiary/aromatic N) is 1. The minimum Gasteiger partial charge on any atom is -0.321 e. The van der Waals surface area contributed by atoms with Crippen LogP contribution in [0.1, 0.15) is 0 Å². The molecule has 0 aromatic heterocycles. The number of rotatable bonds is 3. The van der Waals surface area contributed by atoms with E-state index >= 15 is 0 Å². The molecule has 8 heteroatoms. The van der Waals surface area contributed by atoms with Gasteiger partial charge in [-0.3, -0.25) is 14.9 Å². The molecule has 0 aliphatic carbocycles. The highest BCUT2D eigenvalue weighted by Crippen LogP contribution is 2.21. The van der Waals surface area contributed by atoms with Crippen molar-refractivity contribution in [2.45, 2.75) is 6.43 Å². The van der Waals surface area contributed by atoms with Crippen LogP contribution in [0.25, 0.3) is 0 Å². The van der Waals surface area contributed by atoms with E-state index in [-0.39, 0.29) is 5.69 Å². The molecular formula is C8H5F3N2O3. The number of hydrogen-bond acceptors (Lipinski definition) is 3. The van der Waals surface area contributed by atoms with Crippen molar-refractivity contribution in [2.75, 3.05) is 5.32 Å². The predicted molar refractivity (Wildman–Crippen MR) is 47.7 cm³/mol. The number of benzene rings is 1. The zero-order valence-corrected chi connectivity index (χ0v) is 7.62. The van der Waals surface area contributed by atoms with E-state index in [0.29, 0.717) is 12.1 Å². The SMILES string of the molecule is O=C(Nc1ccc(F)c([N+](=O)[O-])c1)C(F)F. The number of carbonyl (C=O) groups excluding carboxylic acids is 1. The highest BCUT2D eigenvalue weighted by Gasteiger charge is 2.18. The van der Waals surface area contributed by atoms with E-state index in [1.54, 1.807) is 5.32 Å². The molecule has 0 bridgehead atoms. The van der Waals surface area contributed by atoms with Gasteiger partial charge in [-0.25, -0.2) is 0 Å². The molecule has 16 heavy (non-hydrogen) atoms. The number of anilines is 1. The summed E-state index contributed by atoms with van der Waals surface area (Å²) in [6.07, 6.45) is -3.25. The summed E-state index contributed by atoms with van der Waals surface area (Å²) in [6.45, 7) is 0. The predicted octanol–water partition coefficient (Wildman–Crippen LogP) is 1.94. The number of halogens is 3. The largest absolute Gasteiger partial charge is 0.321 e. The molecule has 1 rings (SSSR count). The molecular weight excluding hydrogens is 229 g/mol. The van der Waals surface area contributed by atoms with Crippen LogP contribution in [0.3, 0.4) is 0 Å². The second-order valence-electron chi connectivity index (χ2n) is 2.71. The van der Waals surface area contributed by atoms with Crippen molar-refractivity contribution in [3.8, 4) is 0 Å². The molecule has 0 spiro atoms. The van der Waals surface area contributed by atoms with E-state index in [2.05, 4.69) is 0 Å². The van der Waals surface area contributed by atoms with Gasteiger partial charge >= 0.3 is 12.1 Å². The van der Waals surface area contributed by atoms with Gasteiger partial charge in [-0.1, -0.05) is 0 Å². The molecule has 1 aromatic carbocycles. The summed E-state index contributed by atoms with van der Waals surface area (Å²) >= 11 is 0. The van der Waals surface area contributed by atoms with E-state index in [4.69, 9.17) is 0 Å². The maximum absolute atomic E-state index is 12.8. The number of nitrogens with one attached hydrogen (secondary N) is 1. The minimum absolute atomic E-state index is 0.265. The summed E-state index contributed by atoms with van der Waals surface area (Å²) < 4.78 is 36.5. The Hall–Kier alpha value is -2.12. The number of amides is 1. The van der Waals surface area contributed by atoms with Gasteiger partial charge in [0.25, 0.3) is 5.91 Å². The first-order chi connectivity index (χ1) is 7.41. The van der Waals surface area contributed by atoms with E-state index in [1.165, 1.54) is 0 Å². The fraction of sp³-hybridized carbons (Fsp3) is 0.125. The topological polar surface area (TPSA) is 72.2 Å². The van der Waals surface area contributed by atoms with Gasteiger partial charge in [0.2, 0.25) is 5.82 Å². The van der Waals surface area contributed by atoms with Crippen LogP contribution >= 0.6 is 0 Å². The molecule has 86 valence electrons. The standard InChI is InChI=1S/C8H5F3N2O3/c9-5-2-1-4(3-6(5)13(15)16)12-8(14)7(10)11/h1-3,7H,(H,12,14). The average Bonchev–Trinajstić information content (AvgIpc) is 2.20. The number of nitro benzene ring substituents is 1. The highest BCUT2D eigenvalue weighted by atomic mass is 19.3. The van der Waals surface area contributed by atoms with Gasteiger partial charge in [-0.05, 0) is 12.1 Å². The Bertz CT molecular complexity index is 437. The van der Waals surface area contributed by atoms with Crippen molar-refractivity contribution in [3.05, 3.63) is 34.1 Å². The maximum atomic E-state index is 12.8. The number of alkyl halides is 2. The number of hydrogen-bond donors (Lipinski definition) is 1. The Morgan fingerprint density at radius 1 is 1.44 bits per heavy atom. The Labute approximate surface area is 87.0 Å². The van der Waals surface area contributed by atoms with Crippen LogP contribution in [0.4, 0.5) is 24.5 Å². The lowest BCUT2D eigenvalue weighted by Gasteiger charge is -2.03. The first-order valence-electron chi connectivity index (χ1n) is 3.95. The summed E-state index contributed by atoms with van der Waals surface area (Å²) in [5, 5.41) is 12.0. The van der Waals surface area contributed by atoms with Gasteiger partial charge in [-0.15, -0.1) is 0 Å². The van der Waals surface area contributed by atoms with Crippen molar-refractivity contribution in [3.63, 3.8) is 0 Å². The first kappa shape index (κ1) is 12.0. The molecule has 0 saturated carbocycles. The van der Waals surface area contributed by atoms with Crippen molar-refractivity contribution in [2.24, 2.45) is 0 Å². The third-order valence-electron chi connectivity index (χ3n) is 1.61.